The maximum atomic E-state index is 4.33. The van der Waals surface area contributed by atoms with Crippen molar-refractivity contribution in [1.82, 2.24) is 10.2 Å². The van der Waals surface area contributed by atoms with Crippen LogP contribution in [-0.4, -0.2) is 10.2 Å². The molecule has 0 spiro atoms. The Balaban J connectivity index is 2.09. The summed E-state index contributed by atoms with van der Waals surface area (Å²) in [6, 6.07) is 8.07. The smallest absolute Gasteiger partial charge is 0.178 e. The average Bonchev–Trinajstić information content (AvgIpc) is 3.07. The highest BCUT2D eigenvalue weighted by Gasteiger charge is 2.24. The normalized spacial score (nSPS) is 13.7. The fraction of sp³-hybridized carbons (Fsp3) is 0.500. The molecule has 2 aromatic rings. The fourth-order valence-corrected chi connectivity index (χ4v) is 2.76. The van der Waals surface area contributed by atoms with Gasteiger partial charge in [0.05, 0.1) is 5.69 Å². The van der Waals surface area contributed by atoms with E-state index in [4.69, 9.17) is 0 Å². The first-order valence-electron chi connectivity index (χ1n) is 7.37. The van der Waals surface area contributed by atoms with E-state index in [1.165, 1.54) is 4.88 Å². The number of thiophene rings is 1. The summed E-state index contributed by atoms with van der Waals surface area (Å²) in [5.41, 5.74) is 1.12. The lowest BCUT2D eigenvalue weighted by Gasteiger charge is -2.25. The maximum absolute atomic E-state index is 4.33. The zero-order valence-corrected chi connectivity index (χ0v) is 13.9. The summed E-state index contributed by atoms with van der Waals surface area (Å²) in [7, 11) is 0. The van der Waals surface area contributed by atoms with Gasteiger partial charge in [0.15, 0.2) is 5.82 Å². The van der Waals surface area contributed by atoms with E-state index < -0.39 is 0 Å². The van der Waals surface area contributed by atoms with Crippen molar-refractivity contribution in [3.05, 3.63) is 40.2 Å². The lowest BCUT2D eigenvalue weighted by Crippen LogP contribution is -2.21. The van der Waals surface area contributed by atoms with Gasteiger partial charge in [0.2, 0.25) is 0 Å². The van der Waals surface area contributed by atoms with Crippen molar-refractivity contribution in [2.24, 2.45) is 10.2 Å². The first-order valence-corrected chi connectivity index (χ1v) is 8.25. The molecule has 0 aliphatic carbocycles. The second-order valence-corrected chi connectivity index (χ2v) is 6.43. The summed E-state index contributed by atoms with van der Waals surface area (Å²) in [6.07, 6.45) is 2.10. The van der Waals surface area contributed by atoms with Crippen LogP contribution in [0.1, 0.15) is 57.1 Å². The standard InChI is InChI=1S/C16H22N4S/c1-5-16(4,6-2)14-9-10-15(20-18-14)19-17-12(3)13-8-7-11-21-13/h7-12H,5-6H2,1-4H3. The molecule has 0 fully saturated rings. The van der Waals surface area contributed by atoms with Gasteiger partial charge in [-0.1, -0.05) is 26.8 Å². The van der Waals surface area contributed by atoms with Gasteiger partial charge in [-0.05, 0) is 43.3 Å². The monoisotopic (exact) mass is 302 g/mol. The third-order valence-electron chi connectivity index (χ3n) is 4.12. The highest BCUT2D eigenvalue weighted by Crippen LogP contribution is 2.29. The predicted octanol–water partition coefficient (Wildman–Crippen LogP) is 5.46. The summed E-state index contributed by atoms with van der Waals surface area (Å²) in [6.45, 7) is 8.61. The van der Waals surface area contributed by atoms with E-state index in [1.54, 1.807) is 11.3 Å². The van der Waals surface area contributed by atoms with Crippen LogP contribution in [0, 0.1) is 0 Å². The Morgan fingerprint density at radius 3 is 2.48 bits per heavy atom. The van der Waals surface area contributed by atoms with E-state index in [0.29, 0.717) is 5.82 Å². The molecule has 0 radical (unpaired) electrons. The molecule has 0 amide bonds. The molecule has 21 heavy (non-hydrogen) atoms. The summed E-state index contributed by atoms with van der Waals surface area (Å²) in [5, 5.41) is 19.1. The predicted molar refractivity (Wildman–Crippen MR) is 87.2 cm³/mol. The van der Waals surface area contributed by atoms with Crippen LogP contribution >= 0.6 is 11.3 Å². The zero-order chi connectivity index (χ0) is 15.3. The van der Waals surface area contributed by atoms with Crippen molar-refractivity contribution in [2.45, 2.75) is 52.0 Å². The van der Waals surface area contributed by atoms with Crippen LogP contribution in [0.5, 0.6) is 0 Å². The third-order valence-corrected chi connectivity index (χ3v) is 5.16. The van der Waals surface area contributed by atoms with Crippen molar-refractivity contribution in [3.63, 3.8) is 0 Å². The molecule has 0 saturated carbocycles. The topological polar surface area (TPSA) is 50.5 Å². The van der Waals surface area contributed by atoms with Crippen LogP contribution in [0.2, 0.25) is 0 Å². The van der Waals surface area contributed by atoms with Crippen molar-refractivity contribution in [2.75, 3.05) is 0 Å². The number of nitrogens with zero attached hydrogens (tertiary/aromatic N) is 4. The van der Waals surface area contributed by atoms with Gasteiger partial charge in [-0.15, -0.1) is 21.5 Å². The third kappa shape index (κ3) is 3.73. The minimum atomic E-state index is 0.0584. The Morgan fingerprint density at radius 2 is 1.95 bits per heavy atom. The van der Waals surface area contributed by atoms with E-state index in [2.05, 4.69) is 47.3 Å². The second-order valence-electron chi connectivity index (χ2n) is 5.45. The Labute approximate surface area is 130 Å². The van der Waals surface area contributed by atoms with Gasteiger partial charge in [-0.2, -0.15) is 10.2 Å². The molecule has 5 heteroatoms. The highest BCUT2D eigenvalue weighted by molar-refractivity contribution is 7.10. The molecule has 0 N–H and O–H groups in total. The molecule has 2 aromatic heterocycles. The fourth-order valence-electron chi connectivity index (χ4n) is 2.04. The van der Waals surface area contributed by atoms with Gasteiger partial charge < -0.3 is 0 Å². The molecule has 4 nitrogen and oxygen atoms in total. The minimum Gasteiger partial charge on any atom is -0.178 e. The molecule has 0 aliphatic heterocycles. The Morgan fingerprint density at radius 1 is 1.19 bits per heavy atom. The van der Waals surface area contributed by atoms with Crippen LogP contribution in [0.15, 0.2) is 39.9 Å². The number of azo groups is 1. The quantitative estimate of drug-likeness (QED) is 0.665. The largest absolute Gasteiger partial charge is 0.195 e. The lowest BCUT2D eigenvalue weighted by molar-refractivity contribution is 0.421. The molecule has 1 atom stereocenters. The molecule has 2 heterocycles. The van der Waals surface area contributed by atoms with Crippen molar-refractivity contribution in [1.29, 1.82) is 0 Å². The molecule has 0 aliphatic rings. The molecule has 0 saturated heterocycles. The van der Waals surface area contributed by atoms with Gasteiger partial charge in [-0.3, -0.25) is 0 Å². The van der Waals surface area contributed by atoms with Crippen LogP contribution in [0.3, 0.4) is 0 Å². The van der Waals surface area contributed by atoms with Crippen molar-refractivity contribution >= 4 is 17.2 Å². The summed E-state index contributed by atoms with van der Waals surface area (Å²) < 4.78 is 0. The van der Waals surface area contributed by atoms with Crippen molar-refractivity contribution in [3.8, 4) is 0 Å². The van der Waals surface area contributed by atoms with Gasteiger partial charge in [0, 0.05) is 10.3 Å². The van der Waals surface area contributed by atoms with Crippen LogP contribution in [-0.2, 0) is 5.41 Å². The van der Waals surface area contributed by atoms with Gasteiger partial charge in [-0.25, -0.2) is 0 Å². The molecule has 0 bridgehead atoms. The van der Waals surface area contributed by atoms with E-state index in [1.807, 2.05) is 30.5 Å². The Hall–Kier alpha value is -1.62. The van der Waals surface area contributed by atoms with Crippen molar-refractivity contribution < 1.29 is 0 Å². The van der Waals surface area contributed by atoms with E-state index >= 15 is 0 Å². The molecule has 112 valence electrons. The summed E-state index contributed by atoms with van der Waals surface area (Å²) in [4.78, 5) is 1.20. The van der Waals surface area contributed by atoms with Crippen LogP contribution in [0.25, 0.3) is 0 Å². The minimum absolute atomic E-state index is 0.0584. The number of aromatic nitrogens is 2. The number of rotatable bonds is 6. The average molecular weight is 302 g/mol. The lowest BCUT2D eigenvalue weighted by atomic mass is 9.81. The second kappa shape index (κ2) is 6.89. The van der Waals surface area contributed by atoms with Gasteiger partial charge in [0.1, 0.15) is 6.04 Å². The molecule has 1 unspecified atom stereocenters. The molecular formula is C16H22N4S. The summed E-state index contributed by atoms with van der Waals surface area (Å²) in [5.74, 6) is 0.566. The zero-order valence-electron chi connectivity index (χ0n) is 13.1. The van der Waals surface area contributed by atoms with Gasteiger partial charge in [0.25, 0.3) is 0 Å². The Bertz CT molecular complexity index is 571. The first kappa shape index (κ1) is 15.8. The Kier molecular flexibility index (Phi) is 5.17. The van der Waals surface area contributed by atoms with Crippen LogP contribution < -0.4 is 0 Å². The molecule has 2 rings (SSSR count). The molecule has 0 aromatic carbocycles. The maximum Gasteiger partial charge on any atom is 0.195 e. The summed E-state index contributed by atoms with van der Waals surface area (Å²) >= 11 is 1.69. The highest BCUT2D eigenvalue weighted by atomic mass is 32.1. The number of hydrogen-bond donors (Lipinski definition) is 0. The first-order chi connectivity index (χ1) is 10.1. The van der Waals surface area contributed by atoms with E-state index in [-0.39, 0.29) is 11.5 Å². The van der Waals surface area contributed by atoms with Gasteiger partial charge >= 0.3 is 0 Å². The van der Waals surface area contributed by atoms with E-state index in [0.717, 1.165) is 18.5 Å². The SMILES string of the molecule is CCC(C)(CC)c1ccc(N=NC(C)c2cccs2)nn1. The van der Waals surface area contributed by atoms with E-state index in [9.17, 15) is 0 Å². The molecular weight excluding hydrogens is 280 g/mol. The van der Waals surface area contributed by atoms with Crippen LogP contribution in [0.4, 0.5) is 5.82 Å². The number of hydrogen-bond acceptors (Lipinski definition) is 5.